The third-order valence-electron chi connectivity index (χ3n) is 3.83. The fourth-order valence-electron chi connectivity index (χ4n) is 2.87. The Morgan fingerprint density at radius 2 is 1.90 bits per heavy atom. The highest BCUT2D eigenvalue weighted by Crippen LogP contribution is 2.32. The molecule has 1 aliphatic rings. The lowest BCUT2D eigenvalue weighted by Crippen LogP contribution is -2.27. The summed E-state index contributed by atoms with van der Waals surface area (Å²) in [7, 11) is 0. The Kier molecular flexibility index (Phi) is 2.35. The Morgan fingerprint density at radius 3 is 2.70 bits per heavy atom. The maximum atomic E-state index is 11.9. The molecule has 2 aromatic carbocycles. The van der Waals surface area contributed by atoms with Crippen LogP contribution in [0.1, 0.15) is 6.42 Å². The maximum absolute atomic E-state index is 11.9. The van der Waals surface area contributed by atoms with E-state index in [2.05, 4.69) is 0 Å². The van der Waals surface area contributed by atoms with E-state index < -0.39 is 0 Å². The summed E-state index contributed by atoms with van der Waals surface area (Å²) in [4.78, 5) is 13.7. The monoisotopic (exact) mass is 266 g/mol. The van der Waals surface area contributed by atoms with E-state index in [4.69, 9.17) is 10.2 Å². The van der Waals surface area contributed by atoms with E-state index in [1.807, 2.05) is 42.5 Å². The fraction of sp³-hybridized carbons (Fsp3) is 0.188. The molecule has 0 spiro atoms. The zero-order valence-electron chi connectivity index (χ0n) is 10.9. The van der Waals surface area contributed by atoms with Crippen LogP contribution in [0.4, 0.5) is 5.69 Å². The van der Waals surface area contributed by atoms with E-state index in [9.17, 15) is 4.79 Å². The van der Waals surface area contributed by atoms with Crippen molar-refractivity contribution in [1.29, 1.82) is 0 Å². The number of hydrogen-bond donors (Lipinski definition) is 1. The van der Waals surface area contributed by atoms with Crippen molar-refractivity contribution < 1.29 is 9.21 Å². The number of fused-ring (bicyclic) bond motifs is 3. The van der Waals surface area contributed by atoms with E-state index in [0.29, 0.717) is 13.0 Å². The number of amides is 1. The first-order chi connectivity index (χ1) is 9.72. The molecule has 1 saturated heterocycles. The number of nitrogens with two attached hydrogens (primary N) is 1. The normalized spacial score (nSPS) is 19.4. The van der Waals surface area contributed by atoms with Crippen molar-refractivity contribution in [3.8, 4) is 0 Å². The Bertz CT molecular complexity index is 822. The molecule has 1 aromatic heterocycles. The van der Waals surface area contributed by atoms with Gasteiger partial charge in [0.1, 0.15) is 11.2 Å². The number of carbonyl (C=O) groups excluding carboxylic acids is 1. The van der Waals surface area contributed by atoms with Crippen molar-refractivity contribution >= 4 is 33.5 Å². The molecule has 2 heterocycles. The van der Waals surface area contributed by atoms with Crippen LogP contribution in [0.25, 0.3) is 21.9 Å². The highest BCUT2D eigenvalue weighted by atomic mass is 16.3. The van der Waals surface area contributed by atoms with E-state index >= 15 is 0 Å². The summed E-state index contributed by atoms with van der Waals surface area (Å²) in [6.07, 6.45) is 0.421. The minimum absolute atomic E-state index is 0.0701. The van der Waals surface area contributed by atoms with Gasteiger partial charge in [0, 0.05) is 35.5 Å². The SMILES string of the molecule is NC1CC(=O)N(c2ccc3oc4ccccc4c3c2)C1. The van der Waals surface area contributed by atoms with Gasteiger partial charge in [0.2, 0.25) is 5.91 Å². The van der Waals surface area contributed by atoms with Gasteiger partial charge >= 0.3 is 0 Å². The van der Waals surface area contributed by atoms with Crippen LogP contribution in [0.3, 0.4) is 0 Å². The van der Waals surface area contributed by atoms with Crippen LogP contribution in [-0.2, 0) is 4.79 Å². The number of benzene rings is 2. The molecule has 4 nitrogen and oxygen atoms in total. The Hall–Kier alpha value is -2.33. The summed E-state index contributed by atoms with van der Waals surface area (Å²) < 4.78 is 5.79. The van der Waals surface area contributed by atoms with Crippen LogP contribution in [0, 0.1) is 0 Å². The molecule has 0 aliphatic carbocycles. The Labute approximate surface area is 115 Å². The molecule has 20 heavy (non-hydrogen) atoms. The highest BCUT2D eigenvalue weighted by molar-refractivity contribution is 6.07. The van der Waals surface area contributed by atoms with Crippen LogP contribution in [0.5, 0.6) is 0 Å². The van der Waals surface area contributed by atoms with Crippen LogP contribution in [0.2, 0.25) is 0 Å². The van der Waals surface area contributed by atoms with Crippen LogP contribution in [0.15, 0.2) is 46.9 Å². The second kappa shape index (κ2) is 4.08. The zero-order chi connectivity index (χ0) is 13.7. The van der Waals surface area contributed by atoms with Crippen molar-refractivity contribution in [3.63, 3.8) is 0 Å². The van der Waals surface area contributed by atoms with Crippen LogP contribution >= 0.6 is 0 Å². The third kappa shape index (κ3) is 1.62. The third-order valence-corrected chi connectivity index (χ3v) is 3.83. The Morgan fingerprint density at radius 1 is 1.10 bits per heavy atom. The average Bonchev–Trinajstić information content (AvgIpc) is 2.98. The highest BCUT2D eigenvalue weighted by Gasteiger charge is 2.28. The molecule has 1 aliphatic heterocycles. The van der Waals surface area contributed by atoms with Crippen LogP contribution < -0.4 is 10.6 Å². The molecule has 100 valence electrons. The van der Waals surface area contributed by atoms with Gasteiger partial charge in [-0.2, -0.15) is 0 Å². The molecule has 3 aromatic rings. The Balaban J connectivity index is 1.90. The number of hydrogen-bond acceptors (Lipinski definition) is 3. The fourth-order valence-corrected chi connectivity index (χ4v) is 2.87. The van der Waals surface area contributed by atoms with E-state index in [1.54, 1.807) is 4.90 Å². The number of para-hydroxylation sites is 1. The minimum Gasteiger partial charge on any atom is -0.456 e. The number of anilines is 1. The molecule has 4 heteroatoms. The summed E-state index contributed by atoms with van der Waals surface area (Å²) in [6.45, 7) is 0.583. The van der Waals surface area contributed by atoms with Gasteiger partial charge in [0.05, 0.1) is 0 Å². The molecule has 0 radical (unpaired) electrons. The first-order valence-electron chi connectivity index (χ1n) is 6.69. The summed E-state index contributed by atoms with van der Waals surface area (Å²) in [6, 6.07) is 13.7. The van der Waals surface area contributed by atoms with Gasteiger partial charge < -0.3 is 15.1 Å². The largest absolute Gasteiger partial charge is 0.456 e. The summed E-state index contributed by atoms with van der Waals surface area (Å²) in [5, 5.41) is 2.10. The molecule has 2 N–H and O–H groups in total. The molecule has 4 rings (SSSR count). The number of carbonyl (C=O) groups is 1. The van der Waals surface area contributed by atoms with Crippen LogP contribution in [-0.4, -0.2) is 18.5 Å². The van der Waals surface area contributed by atoms with Gasteiger partial charge in [-0.15, -0.1) is 0 Å². The molecule has 1 atom stereocenters. The van der Waals surface area contributed by atoms with Crippen molar-refractivity contribution in [2.45, 2.75) is 12.5 Å². The predicted molar refractivity (Wildman–Crippen MR) is 78.7 cm³/mol. The summed E-state index contributed by atoms with van der Waals surface area (Å²) in [5.41, 5.74) is 8.45. The summed E-state index contributed by atoms with van der Waals surface area (Å²) >= 11 is 0. The van der Waals surface area contributed by atoms with E-state index in [0.717, 1.165) is 27.6 Å². The number of furan rings is 1. The predicted octanol–water partition coefficient (Wildman–Crippen LogP) is 2.65. The zero-order valence-corrected chi connectivity index (χ0v) is 10.9. The molecule has 1 fully saturated rings. The number of rotatable bonds is 1. The first-order valence-corrected chi connectivity index (χ1v) is 6.69. The van der Waals surface area contributed by atoms with E-state index in [-0.39, 0.29) is 11.9 Å². The topological polar surface area (TPSA) is 59.5 Å². The lowest BCUT2D eigenvalue weighted by Gasteiger charge is -2.15. The van der Waals surface area contributed by atoms with Crippen molar-refractivity contribution in [2.24, 2.45) is 5.73 Å². The van der Waals surface area contributed by atoms with E-state index in [1.165, 1.54) is 0 Å². The van der Waals surface area contributed by atoms with Gasteiger partial charge in [-0.25, -0.2) is 0 Å². The molecular weight excluding hydrogens is 252 g/mol. The van der Waals surface area contributed by atoms with Gasteiger partial charge in [-0.3, -0.25) is 4.79 Å². The molecule has 1 unspecified atom stereocenters. The first kappa shape index (κ1) is 11.5. The van der Waals surface area contributed by atoms with Gasteiger partial charge in [-0.05, 0) is 24.3 Å². The quantitative estimate of drug-likeness (QED) is 0.736. The smallest absolute Gasteiger partial charge is 0.228 e. The molecule has 0 bridgehead atoms. The standard InChI is InChI=1S/C16H14N2O2/c17-10-7-16(19)18(9-10)11-5-6-15-13(8-11)12-3-1-2-4-14(12)20-15/h1-6,8,10H,7,9,17H2. The maximum Gasteiger partial charge on any atom is 0.228 e. The van der Waals surface area contributed by atoms with Gasteiger partial charge in [0.15, 0.2) is 0 Å². The minimum atomic E-state index is -0.0701. The average molecular weight is 266 g/mol. The van der Waals surface area contributed by atoms with Gasteiger partial charge in [-0.1, -0.05) is 18.2 Å². The molecular formula is C16H14N2O2. The van der Waals surface area contributed by atoms with Crippen molar-refractivity contribution in [2.75, 3.05) is 11.4 Å². The second-order valence-corrected chi connectivity index (χ2v) is 5.25. The summed E-state index contributed by atoms with van der Waals surface area (Å²) in [5.74, 6) is 0.0876. The molecule has 0 saturated carbocycles. The lowest BCUT2D eigenvalue weighted by atomic mass is 10.1. The second-order valence-electron chi connectivity index (χ2n) is 5.25. The van der Waals surface area contributed by atoms with Crippen molar-refractivity contribution in [3.05, 3.63) is 42.5 Å². The lowest BCUT2D eigenvalue weighted by molar-refractivity contribution is -0.117. The van der Waals surface area contributed by atoms with Crippen molar-refractivity contribution in [1.82, 2.24) is 0 Å². The molecule has 1 amide bonds. The van der Waals surface area contributed by atoms with Gasteiger partial charge in [0.25, 0.3) is 0 Å². The number of nitrogens with zero attached hydrogens (tertiary/aromatic N) is 1.